The monoisotopic (exact) mass is 279 g/mol. The fourth-order valence-electron chi connectivity index (χ4n) is 1.66. The quantitative estimate of drug-likeness (QED) is 0.791. The molecule has 1 amide bonds. The number of aryl methyl sites for hydroxylation is 1. The molecule has 0 radical (unpaired) electrons. The van der Waals surface area contributed by atoms with E-state index in [1.54, 1.807) is 0 Å². The summed E-state index contributed by atoms with van der Waals surface area (Å²) in [5.41, 5.74) is -0.278. The molecular weight excluding hydrogens is 268 g/mol. The van der Waals surface area contributed by atoms with Crippen LogP contribution in [0, 0.1) is 18.6 Å². The second kappa shape index (κ2) is 5.16. The number of phenolic OH excluding ortho intramolecular Hbond substituents is 2. The van der Waals surface area contributed by atoms with Crippen LogP contribution in [0.4, 0.5) is 14.5 Å². The molecule has 0 atom stereocenters. The van der Waals surface area contributed by atoms with Gasteiger partial charge in [-0.2, -0.15) is 0 Å². The average molecular weight is 279 g/mol. The van der Waals surface area contributed by atoms with Crippen LogP contribution in [0.3, 0.4) is 0 Å². The maximum atomic E-state index is 13.6. The van der Waals surface area contributed by atoms with Crippen molar-refractivity contribution in [2.75, 3.05) is 5.32 Å². The number of aromatic hydroxyl groups is 2. The molecule has 0 aliphatic rings. The van der Waals surface area contributed by atoms with E-state index >= 15 is 0 Å². The molecule has 0 aliphatic carbocycles. The minimum Gasteiger partial charge on any atom is -0.508 e. The summed E-state index contributed by atoms with van der Waals surface area (Å²) in [7, 11) is 0. The average Bonchev–Trinajstić information content (AvgIpc) is 2.34. The molecule has 0 aromatic heterocycles. The Bertz CT molecular complexity index is 666. The van der Waals surface area contributed by atoms with Crippen LogP contribution in [0.15, 0.2) is 30.3 Å². The van der Waals surface area contributed by atoms with Gasteiger partial charge in [0.15, 0.2) is 0 Å². The molecule has 2 aromatic rings. The zero-order valence-electron chi connectivity index (χ0n) is 10.4. The van der Waals surface area contributed by atoms with E-state index in [1.165, 1.54) is 6.92 Å². The minimum absolute atomic E-state index is 0.0807. The Hall–Kier alpha value is -2.63. The number of nitrogens with one attached hydrogen (secondary N) is 1. The van der Waals surface area contributed by atoms with E-state index in [4.69, 9.17) is 0 Å². The number of hydrogen-bond donors (Lipinski definition) is 3. The normalized spacial score (nSPS) is 10.3. The molecular formula is C14H11F2NO3. The van der Waals surface area contributed by atoms with E-state index in [0.717, 1.165) is 30.3 Å². The van der Waals surface area contributed by atoms with Crippen LogP contribution in [0.25, 0.3) is 0 Å². The molecule has 2 rings (SSSR count). The summed E-state index contributed by atoms with van der Waals surface area (Å²) in [6, 6.07) is 5.06. The number of benzene rings is 2. The zero-order valence-corrected chi connectivity index (χ0v) is 10.4. The topological polar surface area (TPSA) is 69.6 Å². The SMILES string of the molecule is Cc1cc(F)c(NC(=O)c2cc(O)cc(O)c2)cc1F. The number of anilines is 1. The molecule has 0 fully saturated rings. The predicted molar refractivity (Wildman–Crippen MR) is 68.8 cm³/mol. The first kappa shape index (κ1) is 13.8. The fraction of sp³-hybridized carbons (Fsp3) is 0.0714. The first-order valence-corrected chi connectivity index (χ1v) is 5.67. The van der Waals surface area contributed by atoms with Gasteiger partial charge in [-0.1, -0.05) is 0 Å². The maximum Gasteiger partial charge on any atom is 0.256 e. The van der Waals surface area contributed by atoms with Crippen molar-refractivity contribution in [1.82, 2.24) is 0 Å². The third-order valence-corrected chi connectivity index (χ3v) is 2.66. The number of halogens is 2. The second-order valence-corrected chi connectivity index (χ2v) is 4.27. The van der Waals surface area contributed by atoms with E-state index < -0.39 is 17.5 Å². The lowest BCUT2D eigenvalue weighted by Gasteiger charge is -2.08. The third-order valence-electron chi connectivity index (χ3n) is 2.66. The molecule has 2 aromatic carbocycles. The highest BCUT2D eigenvalue weighted by molar-refractivity contribution is 6.04. The van der Waals surface area contributed by atoms with Gasteiger partial charge in [0.05, 0.1) is 5.69 Å². The van der Waals surface area contributed by atoms with Gasteiger partial charge in [0.1, 0.15) is 23.1 Å². The summed E-state index contributed by atoms with van der Waals surface area (Å²) in [4.78, 5) is 11.8. The van der Waals surface area contributed by atoms with Gasteiger partial charge in [0.2, 0.25) is 0 Å². The fourth-order valence-corrected chi connectivity index (χ4v) is 1.66. The predicted octanol–water partition coefficient (Wildman–Crippen LogP) is 2.94. The summed E-state index contributed by atoms with van der Waals surface area (Å²) in [6.45, 7) is 1.40. The standard InChI is InChI=1S/C14H11F2NO3/c1-7-2-12(16)13(6-11(7)15)17-14(20)8-3-9(18)5-10(19)4-8/h2-6,18-19H,1H3,(H,17,20). The highest BCUT2D eigenvalue weighted by Gasteiger charge is 2.13. The van der Waals surface area contributed by atoms with Gasteiger partial charge in [0.25, 0.3) is 5.91 Å². The van der Waals surface area contributed by atoms with Gasteiger partial charge >= 0.3 is 0 Å². The van der Waals surface area contributed by atoms with E-state index in [0.29, 0.717) is 0 Å². The van der Waals surface area contributed by atoms with Gasteiger partial charge in [-0.15, -0.1) is 0 Å². The Morgan fingerprint density at radius 1 is 1.00 bits per heavy atom. The van der Waals surface area contributed by atoms with Crippen molar-refractivity contribution >= 4 is 11.6 Å². The third kappa shape index (κ3) is 2.85. The summed E-state index contributed by atoms with van der Waals surface area (Å²) in [5, 5.41) is 20.7. The van der Waals surface area contributed by atoms with Crippen LogP contribution >= 0.6 is 0 Å². The Labute approximate surface area is 113 Å². The second-order valence-electron chi connectivity index (χ2n) is 4.27. The number of carbonyl (C=O) groups excluding carboxylic acids is 1. The molecule has 0 spiro atoms. The first-order valence-electron chi connectivity index (χ1n) is 5.67. The molecule has 6 heteroatoms. The van der Waals surface area contributed by atoms with Crippen LogP contribution in [0.5, 0.6) is 11.5 Å². The number of carbonyl (C=O) groups is 1. The van der Waals surface area contributed by atoms with Gasteiger partial charge in [0, 0.05) is 17.7 Å². The van der Waals surface area contributed by atoms with Crippen molar-refractivity contribution in [2.45, 2.75) is 6.92 Å². The molecule has 20 heavy (non-hydrogen) atoms. The molecule has 0 bridgehead atoms. The van der Waals surface area contributed by atoms with Crippen LogP contribution in [0.2, 0.25) is 0 Å². The van der Waals surface area contributed by atoms with Crippen LogP contribution in [-0.4, -0.2) is 16.1 Å². The van der Waals surface area contributed by atoms with Crippen LogP contribution in [0.1, 0.15) is 15.9 Å². The molecule has 0 aliphatic heterocycles. The lowest BCUT2D eigenvalue weighted by molar-refractivity contribution is 0.102. The molecule has 0 saturated heterocycles. The van der Waals surface area contributed by atoms with Gasteiger partial charge in [-0.3, -0.25) is 4.79 Å². The highest BCUT2D eigenvalue weighted by atomic mass is 19.1. The Balaban J connectivity index is 2.30. The molecule has 104 valence electrons. The first-order chi connectivity index (χ1) is 9.36. The van der Waals surface area contributed by atoms with E-state index in [9.17, 15) is 23.8 Å². The summed E-state index contributed by atoms with van der Waals surface area (Å²) in [6.07, 6.45) is 0. The lowest BCUT2D eigenvalue weighted by atomic mass is 10.1. The number of amides is 1. The van der Waals surface area contributed by atoms with Crippen molar-refractivity contribution < 1.29 is 23.8 Å². The maximum absolute atomic E-state index is 13.6. The number of phenols is 2. The Kier molecular flexibility index (Phi) is 3.56. The minimum atomic E-state index is -0.779. The molecule has 3 N–H and O–H groups in total. The zero-order chi connectivity index (χ0) is 14.9. The van der Waals surface area contributed by atoms with Crippen molar-refractivity contribution in [2.24, 2.45) is 0 Å². The van der Waals surface area contributed by atoms with E-state index in [-0.39, 0.29) is 28.3 Å². The van der Waals surface area contributed by atoms with Gasteiger partial charge in [-0.25, -0.2) is 8.78 Å². The smallest absolute Gasteiger partial charge is 0.256 e. The largest absolute Gasteiger partial charge is 0.508 e. The molecule has 0 heterocycles. The number of hydrogen-bond acceptors (Lipinski definition) is 3. The molecule has 4 nitrogen and oxygen atoms in total. The van der Waals surface area contributed by atoms with Gasteiger partial charge in [-0.05, 0) is 30.7 Å². The van der Waals surface area contributed by atoms with Crippen molar-refractivity contribution in [1.29, 1.82) is 0 Å². The van der Waals surface area contributed by atoms with Crippen molar-refractivity contribution in [3.8, 4) is 11.5 Å². The van der Waals surface area contributed by atoms with E-state index in [2.05, 4.69) is 5.32 Å². The highest BCUT2D eigenvalue weighted by Crippen LogP contribution is 2.23. The number of rotatable bonds is 2. The lowest BCUT2D eigenvalue weighted by Crippen LogP contribution is -2.13. The summed E-state index contributed by atoms with van der Waals surface area (Å²) >= 11 is 0. The molecule has 0 saturated carbocycles. The van der Waals surface area contributed by atoms with Crippen LogP contribution in [-0.2, 0) is 0 Å². The van der Waals surface area contributed by atoms with Crippen LogP contribution < -0.4 is 5.32 Å². The summed E-state index contributed by atoms with van der Waals surface area (Å²) in [5.74, 6) is -2.84. The Morgan fingerprint density at radius 3 is 2.20 bits per heavy atom. The van der Waals surface area contributed by atoms with Gasteiger partial charge < -0.3 is 15.5 Å². The van der Waals surface area contributed by atoms with Crippen molar-refractivity contribution in [3.63, 3.8) is 0 Å². The Morgan fingerprint density at radius 2 is 1.60 bits per heavy atom. The van der Waals surface area contributed by atoms with E-state index in [1.807, 2.05) is 0 Å². The van der Waals surface area contributed by atoms with Crippen molar-refractivity contribution in [3.05, 3.63) is 53.1 Å². The molecule has 0 unspecified atom stereocenters. The summed E-state index contributed by atoms with van der Waals surface area (Å²) < 4.78 is 26.9.